The van der Waals surface area contributed by atoms with Crippen LogP contribution in [-0.4, -0.2) is 77.2 Å². The maximum Gasteiger partial charge on any atom is 0.313 e. The van der Waals surface area contributed by atoms with E-state index < -0.39 is 66.1 Å². The molecule has 0 saturated carbocycles. The number of aliphatic hydroxyl groups is 1. The number of cyclic esters (lactones) is 1. The van der Waals surface area contributed by atoms with Crippen LogP contribution in [0.3, 0.4) is 0 Å². The number of esters is 1. The summed E-state index contributed by atoms with van der Waals surface area (Å²) < 4.78 is 13.5. The van der Waals surface area contributed by atoms with Gasteiger partial charge in [-0.05, 0) is 61.1 Å². The van der Waals surface area contributed by atoms with Gasteiger partial charge in [0.15, 0.2) is 0 Å². The molecule has 0 aromatic heterocycles. The van der Waals surface area contributed by atoms with Crippen LogP contribution in [0.1, 0.15) is 41.2 Å². The number of benzene rings is 3. The van der Waals surface area contributed by atoms with Crippen LogP contribution >= 0.6 is 15.9 Å². The van der Waals surface area contributed by atoms with E-state index >= 15 is 9.59 Å². The van der Waals surface area contributed by atoms with Crippen molar-refractivity contribution < 1.29 is 33.8 Å². The number of likely N-dealkylation sites (tertiary alicyclic amines) is 1. The van der Waals surface area contributed by atoms with Gasteiger partial charge in [-0.2, -0.15) is 0 Å². The molecule has 11 heteroatoms. The summed E-state index contributed by atoms with van der Waals surface area (Å²) >= 11 is 3.63. The van der Waals surface area contributed by atoms with Crippen molar-refractivity contribution in [3.8, 4) is 0 Å². The van der Waals surface area contributed by atoms with Gasteiger partial charge in [0.2, 0.25) is 11.8 Å². The zero-order valence-corrected chi connectivity index (χ0v) is 30.7. The van der Waals surface area contributed by atoms with Crippen LogP contribution in [0.5, 0.6) is 0 Å². The van der Waals surface area contributed by atoms with Crippen molar-refractivity contribution in [2.75, 3.05) is 24.6 Å². The molecule has 2 N–H and O–H groups in total. The molecule has 0 unspecified atom stereocenters. The third-order valence-electron chi connectivity index (χ3n) is 10.6. The van der Waals surface area contributed by atoms with Crippen LogP contribution < -0.4 is 10.2 Å². The van der Waals surface area contributed by atoms with Crippen molar-refractivity contribution in [1.29, 1.82) is 0 Å². The van der Waals surface area contributed by atoms with Crippen molar-refractivity contribution in [3.05, 3.63) is 124 Å². The predicted molar refractivity (Wildman–Crippen MR) is 198 cm³/mol. The topological polar surface area (TPSA) is 125 Å². The zero-order valence-electron chi connectivity index (χ0n) is 29.1. The van der Waals surface area contributed by atoms with E-state index in [2.05, 4.69) is 21.2 Å². The molecule has 0 radical (unpaired) electrons. The van der Waals surface area contributed by atoms with E-state index in [4.69, 9.17) is 9.47 Å². The fourth-order valence-corrected chi connectivity index (χ4v) is 8.86. The number of nitrogens with zero attached hydrogens (tertiary/aromatic N) is 2. The summed E-state index contributed by atoms with van der Waals surface area (Å²) in [4.78, 5) is 60.9. The minimum absolute atomic E-state index is 0.0363. The molecule has 7 atom stereocenters. The summed E-state index contributed by atoms with van der Waals surface area (Å²) in [5.74, 6) is -3.96. The molecule has 0 aliphatic carbocycles. The van der Waals surface area contributed by atoms with Crippen LogP contribution in [-0.2, 0) is 35.1 Å². The Labute approximate surface area is 311 Å². The number of aliphatic hydroxyl groups excluding tert-OH is 1. The first-order chi connectivity index (χ1) is 25.1. The number of rotatable bonds is 6. The van der Waals surface area contributed by atoms with Crippen LogP contribution in [0.4, 0.5) is 5.69 Å². The Hall–Kier alpha value is -4.58. The number of hydrogen-bond acceptors (Lipinski definition) is 7. The van der Waals surface area contributed by atoms with Gasteiger partial charge in [0.1, 0.15) is 29.8 Å². The Morgan fingerprint density at radius 3 is 2.42 bits per heavy atom. The van der Waals surface area contributed by atoms with Crippen molar-refractivity contribution in [2.24, 2.45) is 11.8 Å². The lowest BCUT2D eigenvalue weighted by Gasteiger charge is -2.39. The number of halogens is 1. The molecule has 5 bridgehead atoms. The molecule has 4 aliphatic heterocycles. The van der Waals surface area contributed by atoms with Gasteiger partial charge in [-0.3, -0.25) is 19.2 Å². The fourth-order valence-electron chi connectivity index (χ4n) is 8.12. The molecule has 52 heavy (non-hydrogen) atoms. The number of carbonyl (C=O) groups excluding carboxylic acids is 4. The molecular formula is C41H42BrN3O7. The summed E-state index contributed by atoms with van der Waals surface area (Å²) in [5.41, 5.74) is 2.49. The van der Waals surface area contributed by atoms with Crippen molar-refractivity contribution in [3.63, 3.8) is 0 Å². The van der Waals surface area contributed by atoms with Crippen LogP contribution in [0.2, 0.25) is 0 Å². The number of ether oxygens (including phenoxy) is 2. The normalized spacial score (nSPS) is 29.0. The molecule has 3 aromatic carbocycles. The molecule has 10 nitrogen and oxygen atoms in total. The number of anilines is 1. The summed E-state index contributed by atoms with van der Waals surface area (Å²) in [6.07, 6.45) is 4.67. The van der Waals surface area contributed by atoms with Gasteiger partial charge in [-0.15, -0.1) is 0 Å². The van der Waals surface area contributed by atoms with Gasteiger partial charge < -0.3 is 29.7 Å². The standard InChI is InChI=1S/C41H42BrN3O7/c1-25-17-18-26(2)31(20-25)44-19-11-5-10-16-33(47)43-23-32(28-14-8-4-9-15-28)51-40(50)34-35-38(48)45(29(24-46)21-27-12-6-3-7-13-27)37(39(44)49)41(35)22-30(42)36(34)52-41/h3-9,11-15,17-18,20,22,29,32,34-37,46H,10,16,19,21,23-24H2,1-2H3,(H,43,47)/b11-5-/t29-,32+,34+,35-,36+,37+,41-/m1/s1. The smallest absolute Gasteiger partial charge is 0.313 e. The molecule has 3 amide bonds. The van der Waals surface area contributed by atoms with E-state index in [1.165, 1.54) is 4.90 Å². The largest absolute Gasteiger partial charge is 0.455 e. The fraction of sp³-hybridized carbons (Fsp3) is 0.366. The number of amides is 3. The number of carbonyl (C=O) groups is 4. The lowest BCUT2D eigenvalue weighted by molar-refractivity contribution is -0.160. The van der Waals surface area contributed by atoms with E-state index in [0.29, 0.717) is 22.2 Å². The van der Waals surface area contributed by atoms with Gasteiger partial charge in [-0.25, -0.2) is 0 Å². The first-order valence-electron chi connectivity index (χ1n) is 17.7. The van der Waals surface area contributed by atoms with Crippen LogP contribution in [0, 0.1) is 25.7 Å². The maximum atomic E-state index is 15.4. The number of allylic oxidation sites excluding steroid dienone is 1. The highest BCUT2D eigenvalue weighted by atomic mass is 79.9. The summed E-state index contributed by atoms with van der Waals surface area (Å²) in [7, 11) is 0. The number of hydrogen-bond donors (Lipinski definition) is 2. The Morgan fingerprint density at radius 1 is 0.962 bits per heavy atom. The van der Waals surface area contributed by atoms with E-state index in [9.17, 15) is 14.7 Å². The van der Waals surface area contributed by atoms with Gasteiger partial charge in [0.25, 0.3) is 5.91 Å². The number of nitrogens with one attached hydrogen (secondary N) is 1. The zero-order chi connectivity index (χ0) is 36.6. The van der Waals surface area contributed by atoms with Gasteiger partial charge in [-0.1, -0.05) is 101 Å². The van der Waals surface area contributed by atoms with E-state index in [0.717, 1.165) is 16.7 Å². The Bertz CT molecular complexity index is 1920. The van der Waals surface area contributed by atoms with Crippen molar-refractivity contribution in [1.82, 2.24) is 10.2 Å². The molecular weight excluding hydrogens is 726 g/mol. The molecule has 2 fully saturated rings. The Morgan fingerprint density at radius 2 is 1.69 bits per heavy atom. The summed E-state index contributed by atoms with van der Waals surface area (Å²) in [5, 5.41) is 13.9. The second kappa shape index (κ2) is 14.8. The second-order valence-corrected chi connectivity index (χ2v) is 14.9. The Balaban J connectivity index is 1.37. The second-order valence-electron chi connectivity index (χ2n) is 14.0. The lowest BCUT2D eigenvalue weighted by Crippen LogP contribution is -2.59. The molecule has 2 saturated heterocycles. The highest BCUT2D eigenvalue weighted by Gasteiger charge is 2.75. The molecule has 3 aromatic rings. The van der Waals surface area contributed by atoms with E-state index in [1.807, 2.05) is 105 Å². The highest BCUT2D eigenvalue weighted by Crippen LogP contribution is 2.59. The molecule has 1 spiro atoms. The van der Waals surface area contributed by atoms with Crippen molar-refractivity contribution in [2.45, 2.75) is 63.0 Å². The third-order valence-corrected chi connectivity index (χ3v) is 11.3. The SMILES string of the molecule is Cc1ccc(C)c(N2C/C=C\CCC(=O)NC[C@@H](c3ccccc3)OC(=O)[C@@H]3[C@H]4O[C@@]5(C=C4Br)[C@H](C2=O)N([C@@H](CO)Cc2ccccc2)C(=O)[C@@H]35)c1. The minimum Gasteiger partial charge on any atom is -0.455 e. The predicted octanol–water partition coefficient (Wildman–Crippen LogP) is 4.86. The van der Waals surface area contributed by atoms with Gasteiger partial charge >= 0.3 is 5.97 Å². The monoisotopic (exact) mass is 767 g/mol. The third kappa shape index (κ3) is 6.50. The summed E-state index contributed by atoms with van der Waals surface area (Å²) in [6.45, 7) is 3.64. The first kappa shape index (κ1) is 35.8. The molecule has 4 heterocycles. The maximum absolute atomic E-state index is 15.4. The number of fused-ring (bicyclic) bond motifs is 2. The Kier molecular flexibility index (Phi) is 10.2. The van der Waals surface area contributed by atoms with Gasteiger partial charge in [0.05, 0.1) is 25.1 Å². The molecule has 270 valence electrons. The average molecular weight is 769 g/mol. The van der Waals surface area contributed by atoms with E-state index in [-0.39, 0.29) is 31.8 Å². The summed E-state index contributed by atoms with van der Waals surface area (Å²) in [6, 6.07) is 22.5. The molecule has 4 aliphatic rings. The van der Waals surface area contributed by atoms with Crippen LogP contribution in [0.25, 0.3) is 0 Å². The van der Waals surface area contributed by atoms with Crippen molar-refractivity contribution >= 4 is 45.3 Å². The van der Waals surface area contributed by atoms with E-state index in [1.54, 1.807) is 11.0 Å². The highest BCUT2D eigenvalue weighted by molar-refractivity contribution is 9.11. The minimum atomic E-state index is -1.53. The quantitative estimate of drug-likeness (QED) is 0.271. The average Bonchev–Trinajstić information content (AvgIpc) is 3.75. The lowest BCUT2D eigenvalue weighted by atomic mass is 9.74. The van der Waals surface area contributed by atoms with Gasteiger partial charge in [0, 0.05) is 23.1 Å². The molecule has 7 rings (SSSR count). The first-order valence-corrected chi connectivity index (χ1v) is 18.5. The van der Waals surface area contributed by atoms with Crippen LogP contribution in [0.15, 0.2) is 102 Å². The number of aryl methyl sites for hydroxylation is 2.